The van der Waals surface area contributed by atoms with Crippen molar-refractivity contribution in [2.24, 2.45) is 5.92 Å². The van der Waals surface area contributed by atoms with E-state index in [1.807, 2.05) is 12.1 Å². The third kappa shape index (κ3) is 4.77. The van der Waals surface area contributed by atoms with Gasteiger partial charge in [0, 0.05) is 24.5 Å². The fourth-order valence-corrected chi connectivity index (χ4v) is 3.59. The van der Waals surface area contributed by atoms with Gasteiger partial charge < -0.3 is 19.9 Å². The number of nitrogens with one attached hydrogen (secondary N) is 1. The highest BCUT2D eigenvalue weighted by molar-refractivity contribution is 5.84. The van der Waals surface area contributed by atoms with Gasteiger partial charge in [-0.3, -0.25) is 4.90 Å². The van der Waals surface area contributed by atoms with Crippen LogP contribution in [0.15, 0.2) is 18.5 Å². The Morgan fingerprint density at radius 2 is 1.93 bits per heavy atom. The molecule has 0 unspecified atom stereocenters. The summed E-state index contributed by atoms with van der Waals surface area (Å²) in [5, 5.41) is 12.1. The Bertz CT molecular complexity index is 791. The quantitative estimate of drug-likeness (QED) is 0.768. The maximum Gasteiger partial charge on any atom is 0.404 e. The Morgan fingerprint density at radius 1 is 1.22 bits per heavy atom. The Balaban J connectivity index is 1.64. The topological polar surface area (TPSA) is 96.8 Å². The molecule has 0 saturated carbocycles. The summed E-state index contributed by atoms with van der Waals surface area (Å²) in [4.78, 5) is 21.8. The number of methoxy groups -OCH3 is 2. The standard InChI is InChI=1S/C19H26N4O4/c1-26-17-9-14-15(10-18(17)27-2)21-12-22-16(14)11-23-7-4-13(5-8-23)3-6-20-19(24)25/h9-10,12-13,20H,3-8,11H2,1-2H3,(H,24,25). The second kappa shape index (κ2) is 8.85. The number of rotatable bonds is 7. The summed E-state index contributed by atoms with van der Waals surface area (Å²) >= 11 is 0. The van der Waals surface area contributed by atoms with Crippen molar-refractivity contribution in [3.05, 3.63) is 24.2 Å². The maximum absolute atomic E-state index is 10.5. The molecule has 8 heteroatoms. The molecule has 1 aliphatic rings. The maximum atomic E-state index is 10.5. The molecule has 2 aromatic rings. The van der Waals surface area contributed by atoms with E-state index in [1.54, 1.807) is 20.5 Å². The Morgan fingerprint density at radius 3 is 2.59 bits per heavy atom. The third-order valence-corrected chi connectivity index (χ3v) is 5.13. The van der Waals surface area contributed by atoms with E-state index in [-0.39, 0.29) is 0 Å². The molecule has 0 aliphatic carbocycles. The monoisotopic (exact) mass is 374 g/mol. The van der Waals surface area contributed by atoms with E-state index >= 15 is 0 Å². The smallest absolute Gasteiger partial charge is 0.404 e. The van der Waals surface area contributed by atoms with Crippen molar-refractivity contribution in [3.8, 4) is 11.5 Å². The van der Waals surface area contributed by atoms with E-state index in [1.165, 1.54) is 0 Å². The van der Waals surface area contributed by atoms with Crippen LogP contribution < -0.4 is 14.8 Å². The summed E-state index contributed by atoms with van der Waals surface area (Å²) < 4.78 is 10.8. The van der Waals surface area contributed by atoms with E-state index in [0.717, 1.165) is 55.5 Å². The minimum absolute atomic E-state index is 0.526. The van der Waals surface area contributed by atoms with Crippen LogP contribution in [0, 0.1) is 5.92 Å². The summed E-state index contributed by atoms with van der Waals surface area (Å²) in [6, 6.07) is 3.81. The molecular weight excluding hydrogens is 348 g/mol. The van der Waals surface area contributed by atoms with Crippen molar-refractivity contribution in [2.45, 2.75) is 25.8 Å². The van der Waals surface area contributed by atoms with E-state index in [4.69, 9.17) is 14.6 Å². The van der Waals surface area contributed by atoms with E-state index in [9.17, 15) is 4.79 Å². The Kier molecular flexibility index (Phi) is 6.28. The molecule has 3 rings (SSSR count). The second-order valence-electron chi connectivity index (χ2n) is 6.78. The van der Waals surface area contributed by atoms with Crippen LogP contribution in [0.2, 0.25) is 0 Å². The summed E-state index contributed by atoms with van der Waals surface area (Å²) in [6.45, 7) is 3.25. The number of fused-ring (bicyclic) bond motifs is 1. The number of benzene rings is 1. The van der Waals surface area contributed by atoms with Gasteiger partial charge in [0.2, 0.25) is 0 Å². The predicted molar refractivity (Wildman–Crippen MR) is 101 cm³/mol. The van der Waals surface area contributed by atoms with Gasteiger partial charge in [0.1, 0.15) is 6.33 Å². The average Bonchev–Trinajstić information content (AvgIpc) is 2.68. The first kappa shape index (κ1) is 19.2. The number of nitrogens with zero attached hydrogens (tertiary/aromatic N) is 3. The zero-order valence-corrected chi connectivity index (χ0v) is 15.8. The zero-order chi connectivity index (χ0) is 19.2. The summed E-state index contributed by atoms with van der Waals surface area (Å²) in [7, 11) is 3.24. The predicted octanol–water partition coefficient (Wildman–Crippen LogP) is 2.52. The number of ether oxygens (including phenoxy) is 2. The molecule has 2 N–H and O–H groups in total. The number of likely N-dealkylation sites (tertiary alicyclic amines) is 1. The van der Waals surface area contributed by atoms with E-state index in [2.05, 4.69) is 20.2 Å². The molecule has 0 atom stereocenters. The molecule has 1 amide bonds. The van der Waals surface area contributed by atoms with Crippen LogP contribution in [-0.2, 0) is 6.54 Å². The lowest BCUT2D eigenvalue weighted by molar-refractivity contribution is 0.168. The van der Waals surface area contributed by atoms with Crippen LogP contribution in [0.3, 0.4) is 0 Å². The fourth-order valence-electron chi connectivity index (χ4n) is 3.59. The van der Waals surface area contributed by atoms with Crippen molar-refractivity contribution < 1.29 is 19.4 Å². The first-order valence-corrected chi connectivity index (χ1v) is 9.15. The van der Waals surface area contributed by atoms with Gasteiger partial charge in [0.05, 0.1) is 25.4 Å². The highest BCUT2D eigenvalue weighted by Gasteiger charge is 2.20. The van der Waals surface area contributed by atoms with Gasteiger partial charge in [-0.15, -0.1) is 0 Å². The van der Waals surface area contributed by atoms with Gasteiger partial charge in [-0.05, 0) is 44.3 Å². The molecule has 1 saturated heterocycles. The van der Waals surface area contributed by atoms with Crippen LogP contribution in [0.5, 0.6) is 11.5 Å². The molecule has 0 radical (unpaired) electrons. The molecule has 0 spiro atoms. The fraction of sp³-hybridized carbons (Fsp3) is 0.526. The van der Waals surface area contributed by atoms with Crippen molar-refractivity contribution >= 4 is 17.0 Å². The third-order valence-electron chi connectivity index (χ3n) is 5.13. The number of piperidine rings is 1. The molecular formula is C19H26N4O4. The summed E-state index contributed by atoms with van der Waals surface area (Å²) in [6.07, 6.45) is 3.68. The van der Waals surface area contributed by atoms with Crippen molar-refractivity contribution in [3.63, 3.8) is 0 Å². The normalized spacial score (nSPS) is 15.6. The molecule has 0 bridgehead atoms. The lowest BCUT2D eigenvalue weighted by Gasteiger charge is -2.31. The molecule has 1 fully saturated rings. The minimum atomic E-state index is -0.949. The largest absolute Gasteiger partial charge is 0.493 e. The molecule has 27 heavy (non-hydrogen) atoms. The highest BCUT2D eigenvalue weighted by atomic mass is 16.5. The number of carboxylic acid groups (broad SMARTS) is 1. The molecule has 8 nitrogen and oxygen atoms in total. The van der Waals surface area contributed by atoms with Crippen molar-refractivity contribution in [1.82, 2.24) is 20.2 Å². The van der Waals surface area contributed by atoms with Crippen LogP contribution in [0.1, 0.15) is 25.0 Å². The van der Waals surface area contributed by atoms with Gasteiger partial charge in [-0.2, -0.15) is 0 Å². The summed E-state index contributed by atoms with van der Waals surface area (Å²) in [5.41, 5.74) is 1.82. The lowest BCUT2D eigenvalue weighted by Crippen LogP contribution is -2.35. The first-order chi connectivity index (χ1) is 13.1. The second-order valence-corrected chi connectivity index (χ2v) is 6.78. The number of hydrogen-bond donors (Lipinski definition) is 2. The average molecular weight is 374 g/mol. The van der Waals surface area contributed by atoms with Gasteiger partial charge in [-0.25, -0.2) is 14.8 Å². The SMILES string of the molecule is COc1cc2ncnc(CN3CCC(CCNC(=O)O)CC3)c2cc1OC. The number of amides is 1. The summed E-state index contributed by atoms with van der Waals surface area (Å²) in [5.74, 6) is 1.90. The van der Waals surface area contributed by atoms with Crippen LogP contribution in [-0.4, -0.2) is 59.9 Å². The molecule has 2 heterocycles. The molecule has 1 aromatic heterocycles. The minimum Gasteiger partial charge on any atom is -0.493 e. The number of carbonyl (C=O) groups is 1. The van der Waals surface area contributed by atoms with Gasteiger partial charge in [0.25, 0.3) is 0 Å². The van der Waals surface area contributed by atoms with Gasteiger partial charge in [-0.1, -0.05) is 0 Å². The number of hydrogen-bond acceptors (Lipinski definition) is 6. The van der Waals surface area contributed by atoms with E-state index < -0.39 is 6.09 Å². The molecule has 1 aromatic carbocycles. The van der Waals surface area contributed by atoms with Crippen LogP contribution in [0.25, 0.3) is 10.9 Å². The lowest BCUT2D eigenvalue weighted by atomic mass is 9.93. The Labute approximate surface area is 158 Å². The van der Waals surface area contributed by atoms with Crippen molar-refractivity contribution in [2.75, 3.05) is 33.9 Å². The Hall–Kier alpha value is -2.61. The van der Waals surface area contributed by atoms with Gasteiger partial charge in [0.15, 0.2) is 11.5 Å². The molecule has 1 aliphatic heterocycles. The van der Waals surface area contributed by atoms with Crippen LogP contribution >= 0.6 is 0 Å². The van der Waals surface area contributed by atoms with Crippen LogP contribution in [0.4, 0.5) is 4.79 Å². The number of aromatic nitrogens is 2. The van der Waals surface area contributed by atoms with Crippen molar-refractivity contribution in [1.29, 1.82) is 0 Å². The zero-order valence-electron chi connectivity index (χ0n) is 15.8. The first-order valence-electron chi connectivity index (χ1n) is 9.15. The highest BCUT2D eigenvalue weighted by Crippen LogP contribution is 2.32. The van der Waals surface area contributed by atoms with Gasteiger partial charge >= 0.3 is 6.09 Å². The van der Waals surface area contributed by atoms with E-state index in [0.29, 0.717) is 24.0 Å². The molecule has 146 valence electrons.